The number of hydrogen-bond acceptors (Lipinski definition) is 2. The molecule has 0 fully saturated rings. The smallest absolute Gasteiger partial charge is 0.0742 e. The number of rotatable bonds is 0. The molecular weight excluding hydrogens is 206 g/mol. The Morgan fingerprint density at radius 1 is 1.45 bits per heavy atom. The van der Waals surface area contributed by atoms with E-state index < -0.39 is 0 Å². The van der Waals surface area contributed by atoms with Crippen LogP contribution in [0.15, 0.2) is 22.9 Å². The van der Waals surface area contributed by atoms with Crippen molar-refractivity contribution in [2.45, 2.75) is 6.54 Å². The van der Waals surface area contributed by atoms with E-state index in [2.05, 4.69) is 22.0 Å². The molecule has 1 aliphatic heterocycles. The topological polar surface area (TPSA) is 34.2 Å². The van der Waals surface area contributed by atoms with E-state index in [1.807, 2.05) is 23.2 Å². The van der Waals surface area contributed by atoms with Gasteiger partial charge in [0.15, 0.2) is 0 Å². The zero-order valence-corrected chi connectivity index (χ0v) is 7.45. The second-order valence-electron chi connectivity index (χ2n) is 2.53. The summed E-state index contributed by atoms with van der Waals surface area (Å²) in [4.78, 5) is 0. The molecule has 0 spiro atoms. The van der Waals surface area contributed by atoms with Gasteiger partial charge in [-0.2, -0.15) is 0 Å². The molecule has 1 aromatic heterocycles. The average molecular weight is 214 g/mol. The molecule has 0 saturated heterocycles. The summed E-state index contributed by atoms with van der Waals surface area (Å²) in [5, 5.41) is 1.65. The summed E-state index contributed by atoms with van der Waals surface area (Å²) >= 11 is 3.40. The van der Waals surface area contributed by atoms with Crippen LogP contribution in [0.1, 0.15) is 5.69 Å². The first-order valence-corrected chi connectivity index (χ1v) is 4.11. The minimum atomic E-state index is 0.766. The molecule has 58 valence electrons. The third-order valence-electron chi connectivity index (χ3n) is 1.66. The van der Waals surface area contributed by atoms with E-state index in [1.54, 1.807) is 5.01 Å². The zero-order valence-electron chi connectivity index (χ0n) is 5.87. The van der Waals surface area contributed by atoms with Gasteiger partial charge in [-0.3, -0.25) is 0 Å². The third-order valence-corrected chi connectivity index (χ3v) is 2.10. The van der Waals surface area contributed by atoms with Crippen molar-refractivity contribution < 1.29 is 0 Å². The fraction of sp³-hybridized carbons (Fsp3) is 0.143. The number of fused-ring (bicyclic) bond motifs is 1. The standard InChI is InChI=1S/C7H8BrN3/c8-6-3-7-5-11(9)2-1-10(7)4-6/h1-4H,5,9H2. The lowest BCUT2D eigenvalue weighted by molar-refractivity contribution is 0.372. The van der Waals surface area contributed by atoms with Gasteiger partial charge in [0.25, 0.3) is 0 Å². The summed E-state index contributed by atoms with van der Waals surface area (Å²) in [7, 11) is 0. The molecule has 2 heterocycles. The van der Waals surface area contributed by atoms with Crippen LogP contribution in [0.4, 0.5) is 0 Å². The normalized spacial score (nSPS) is 15.3. The minimum Gasteiger partial charge on any atom is -0.323 e. The molecule has 0 aromatic carbocycles. The Morgan fingerprint density at radius 2 is 2.27 bits per heavy atom. The SMILES string of the molecule is NN1C=Cn2cc(Br)cc2C1. The van der Waals surface area contributed by atoms with Crippen molar-refractivity contribution in [2.24, 2.45) is 5.84 Å². The molecule has 0 bridgehead atoms. The van der Waals surface area contributed by atoms with Gasteiger partial charge in [0.2, 0.25) is 0 Å². The molecule has 11 heavy (non-hydrogen) atoms. The maximum atomic E-state index is 5.58. The maximum Gasteiger partial charge on any atom is 0.0742 e. The molecule has 1 aromatic rings. The van der Waals surface area contributed by atoms with Gasteiger partial charge in [0.05, 0.1) is 6.54 Å². The van der Waals surface area contributed by atoms with E-state index in [9.17, 15) is 0 Å². The number of hydrogen-bond donors (Lipinski definition) is 1. The van der Waals surface area contributed by atoms with E-state index >= 15 is 0 Å². The molecule has 1 aliphatic rings. The van der Waals surface area contributed by atoms with Crippen molar-refractivity contribution in [1.29, 1.82) is 0 Å². The number of aromatic nitrogens is 1. The first-order chi connectivity index (χ1) is 5.25. The van der Waals surface area contributed by atoms with Crippen LogP contribution >= 0.6 is 15.9 Å². The van der Waals surface area contributed by atoms with Crippen LogP contribution in [-0.4, -0.2) is 9.58 Å². The average Bonchev–Trinajstić information content (AvgIpc) is 2.27. The highest BCUT2D eigenvalue weighted by Gasteiger charge is 2.07. The lowest BCUT2D eigenvalue weighted by Gasteiger charge is -2.18. The van der Waals surface area contributed by atoms with E-state index in [-0.39, 0.29) is 0 Å². The summed E-state index contributed by atoms with van der Waals surface area (Å²) in [5.74, 6) is 5.58. The molecule has 4 heteroatoms. The van der Waals surface area contributed by atoms with Crippen LogP contribution < -0.4 is 5.84 Å². The lowest BCUT2D eigenvalue weighted by atomic mass is 10.4. The predicted octanol–water partition coefficient (Wildman–Crippen LogP) is 1.37. The summed E-state index contributed by atoms with van der Waals surface area (Å²) in [6.07, 6.45) is 5.79. The van der Waals surface area contributed by atoms with E-state index in [4.69, 9.17) is 5.84 Å². The summed E-state index contributed by atoms with van der Waals surface area (Å²) < 4.78 is 3.14. The first kappa shape index (κ1) is 6.94. The van der Waals surface area contributed by atoms with E-state index in [0.29, 0.717) is 0 Å². The second-order valence-corrected chi connectivity index (χ2v) is 3.44. The fourth-order valence-electron chi connectivity index (χ4n) is 1.15. The highest BCUT2D eigenvalue weighted by atomic mass is 79.9. The highest BCUT2D eigenvalue weighted by Crippen LogP contribution is 2.18. The van der Waals surface area contributed by atoms with Crippen LogP contribution in [-0.2, 0) is 6.54 Å². The molecule has 0 amide bonds. The molecule has 0 atom stereocenters. The van der Waals surface area contributed by atoms with Gasteiger partial charge in [-0.1, -0.05) is 0 Å². The van der Waals surface area contributed by atoms with Crippen LogP contribution in [0.2, 0.25) is 0 Å². The van der Waals surface area contributed by atoms with Crippen LogP contribution in [0.5, 0.6) is 0 Å². The molecule has 2 rings (SSSR count). The van der Waals surface area contributed by atoms with Gasteiger partial charge >= 0.3 is 0 Å². The van der Waals surface area contributed by atoms with Crippen LogP contribution in [0.3, 0.4) is 0 Å². The molecule has 0 radical (unpaired) electrons. The van der Waals surface area contributed by atoms with Gasteiger partial charge in [-0.05, 0) is 22.0 Å². The monoisotopic (exact) mass is 213 g/mol. The van der Waals surface area contributed by atoms with Crippen LogP contribution in [0.25, 0.3) is 6.20 Å². The minimum absolute atomic E-state index is 0.766. The second kappa shape index (κ2) is 2.39. The van der Waals surface area contributed by atoms with Crippen LogP contribution in [0, 0.1) is 0 Å². The maximum absolute atomic E-state index is 5.58. The molecule has 0 unspecified atom stereocenters. The molecule has 2 N–H and O–H groups in total. The number of nitrogens with two attached hydrogens (primary N) is 1. The zero-order chi connectivity index (χ0) is 7.84. The number of halogens is 1. The van der Waals surface area contributed by atoms with Crippen molar-refractivity contribution in [2.75, 3.05) is 0 Å². The quantitative estimate of drug-likeness (QED) is 0.661. The molecule has 0 saturated carbocycles. The lowest BCUT2D eigenvalue weighted by Crippen LogP contribution is -2.27. The van der Waals surface area contributed by atoms with Crippen molar-refractivity contribution in [3.63, 3.8) is 0 Å². The van der Waals surface area contributed by atoms with Crippen molar-refractivity contribution in [3.05, 3.63) is 28.6 Å². The summed E-state index contributed by atoms with van der Waals surface area (Å²) in [6, 6.07) is 2.06. The van der Waals surface area contributed by atoms with E-state index in [1.165, 1.54) is 5.69 Å². The Balaban J connectivity index is 2.44. The Morgan fingerprint density at radius 3 is 3.09 bits per heavy atom. The predicted molar refractivity (Wildman–Crippen MR) is 47.2 cm³/mol. The Bertz CT molecular complexity index is 303. The largest absolute Gasteiger partial charge is 0.323 e. The highest BCUT2D eigenvalue weighted by molar-refractivity contribution is 9.10. The van der Waals surface area contributed by atoms with Gasteiger partial charge in [0, 0.05) is 28.8 Å². The Kier molecular flexibility index (Phi) is 1.51. The van der Waals surface area contributed by atoms with Crippen molar-refractivity contribution in [1.82, 2.24) is 9.58 Å². The number of hydrazine groups is 1. The fourth-order valence-corrected chi connectivity index (χ4v) is 1.63. The molecule has 3 nitrogen and oxygen atoms in total. The van der Waals surface area contributed by atoms with Gasteiger partial charge in [0.1, 0.15) is 0 Å². The van der Waals surface area contributed by atoms with Gasteiger partial charge < -0.3 is 9.58 Å². The number of nitrogens with zero attached hydrogens (tertiary/aromatic N) is 2. The summed E-state index contributed by atoms with van der Waals surface area (Å²) in [5.41, 5.74) is 1.20. The Labute approximate surface area is 73.2 Å². The molecule has 0 aliphatic carbocycles. The van der Waals surface area contributed by atoms with Crippen molar-refractivity contribution in [3.8, 4) is 0 Å². The van der Waals surface area contributed by atoms with Gasteiger partial charge in [-0.15, -0.1) is 0 Å². The van der Waals surface area contributed by atoms with Crippen molar-refractivity contribution >= 4 is 22.1 Å². The third kappa shape index (κ3) is 1.19. The summed E-state index contributed by atoms with van der Waals surface area (Å²) in [6.45, 7) is 0.766. The molecular formula is C7H8BrN3. The van der Waals surface area contributed by atoms with E-state index in [0.717, 1.165) is 11.0 Å². The Hall–Kier alpha value is -0.740. The first-order valence-electron chi connectivity index (χ1n) is 3.31. The van der Waals surface area contributed by atoms with Gasteiger partial charge in [-0.25, -0.2) is 5.84 Å².